The van der Waals surface area contributed by atoms with Gasteiger partial charge in [0.25, 0.3) is 11.5 Å². The summed E-state index contributed by atoms with van der Waals surface area (Å²) in [7, 11) is 1.56. The molecule has 1 aromatic heterocycles. The van der Waals surface area contributed by atoms with Crippen LogP contribution < -0.4 is 20.3 Å². The molecule has 0 unspecified atom stereocenters. The van der Waals surface area contributed by atoms with E-state index in [1.165, 1.54) is 16.9 Å². The van der Waals surface area contributed by atoms with Gasteiger partial charge in [-0.05, 0) is 18.2 Å². The fourth-order valence-electron chi connectivity index (χ4n) is 1.75. The van der Waals surface area contributed by atoms with Crippen molar-refractivity contribution in [1.29, 1.82) is 0 Å². The Kier molecular flexibility index (Phi) is 5.53. The quantitative estimate of drug-likeness (QED) is 0.803. The number of rotatable bonds is 7. The number of ether oxygens (including phenoxy) is 2. The van der Waals surface area contributed by atoms with E-state index in [-0.39, 0.29) is 18.1 Å². The molecular weight excluding hydrogens is 286 g/mol. The number of aromatic nitrogens is 2. The number of carbonyl (C=O) groups excluding carboxylic acids is 1. The Hall–Kier alpha value is -2.83. The largest absolute Gasteiger partial charge is 0.497 e. The zero-order chi connectivity index (χ0) is 15.8. The number of carbonyl (C=O) groups is 1. The monoisotopic (exact) mass is 303 g/mol. The van der Waals surface area contributed by atoms with Crippen LogP contribution in [-0.2, 0) is 11.3 Å². The lowest BCUT2D eigenvalue weighted by Crippen LogP contribution is -2.34. The number of methoxy groups -OCH3 is 1. The number of nitrogens with zero attached hydrogens (tertiary/aromatic N) is 2. The van der Waals surface area contributed by atoms with Gasteiger partial charge in [-0.3, -0.25) is 9.59 Å². The predicted octanol–water partition coefficient (Wildman–Crippen LogP) is 0.447. The van der Waals surface area contributed by atoms with E-state index in [0.29, 0.717) is 24.6 Å². The predicted molar refractivity (Wildman–Crippen MR) is 80.0 cm³/mol. The highest BCUT2D eigenvalue weighted by atomic mass is 16.5. The van der Waals surface area contributed by atoms with Crippen LogP contribution in [0, 0.1) is 0 Å². The molecule has 2 rings (SSSR count). The summed E-state index contributed by atoms with van der Waals surface area (Å²) in [5, 5.41) is 6.56. The van der Waals surface area contributed by atoms with Gasteiger partial charge in [-0.2, -0.15) is 5.10 Å². The maximum absolute atomic E-state index is 11.7. The second-order valence-electron chi connectivity index (χ2n) is 4.40. The van der Waals surface area contributed by atoms with Crippen molar-refractivity contribution in [2.45, 2.75) is 6.54 Å². The van der Waals surface area contributed by atoms with Crippen LogP contribution in [0.25, 0.3) is 0 Å². The highest BCUT2D eigenvalue weighted by Crippen LogP contribution is 2.18. The van der Waals surface area contributed by atoms with E-state index in [9.17, 15) is 9.59 Å². The maximum atomic E-state index is 11.7. The summed E-state index contributed by atoms with van der Waals surface area (Å²) in [6, 6.07) is 9.99. The second-order valence-corrected chi connectivity index (χ2v) is 4.40. The summed E-state index contributed by atoms with van der Waals surface area (Å²) < 4.78 is 11.7. The molecule has 1 heterocycles. The van der Waals surface area contributed by atoms with E-state index in [4.69, 9.17) is 9.47 Å². The van der Waals surface area contributed by atoms with E-state index in [0.717, 1.165) is 0 Å². The van der Waals surface area contributed by atoms with Gasteiger partial charge >= 0.3 is 0 Å². The van der Waals surface area contributed by atoms with Gasteiger partial charge in [0.1, 0.15) is 11.5 Å². The zero-order valence-corrected chi connectivity index (χ0v) is 12.2. The van der Waals surface area contributed by atoms with Gasteiger partial charge in [0.05, 0.1) is 13.7 Å². The minimum Gasteiger partial charge on any atom is -0.497 e. The Morgan fingerprint density at radius 2 is 2.09 bits per heavy atom. The molecule has 0 saturated heterocycles. The molecule has 0 aliphatic heterocycles. The van der Waals surface area contributed by atoms with E-state index in [2.05, 4.69) is 10.4 Å². The first-order valence-corrected chi connectivity index (χ1v) is 6.75. The van der Waals surface area contributed by atoms with Gasteiger partial charge in [-0.1, -0.05) is 6.07 Å². The van der Waals surface area contributed by atoms with Crippen LogP contribution in [0.5, 0.6) is 11.5 Å². The van der Waals surface area contributed by atoms with Gasteiger partial charge < -0.3 is 14.8 Å². The molecule has 2 aromatic rings. The number of amides is 1. The standard InChI is InChI=1S/C15H17N3O4/c1-21-12-4-2-5-13(10-12)22-11-14(19)16-8-9-18-15(20)6-3-7-17-18/h2-7,10H,8-9,11H2,1H3,(H,16,19). The van der Waals surface area contributed by atoms with Crippen LogP contribution in [0.3, 0.4) is 0 Å². The second kappa shape index (κ2) is 7.82. The summed E-state index contributed by atoms with van der Waals surface area (Å²) >= 11 is 0. The molecule has 1 aromatic carbocycles. The molecule has 1 N–H and O–H groups in total. The fourth-order valence-corrected chi connectivity index (χ4v) is 1.75. The van der Waals surface area contributed by atoms with Crippen molar-refractivity contribution in [3.8, 4) is 11.5 Å². The molecule has 7 nitrogen and oxygen atoms in total. The Balaban J connectivity index is 1.74. The van der Waals surface area contributed by atoms with Crippen molar-refractivity contribution in [3.63, 3.8) is 0 Å². The summed E-state index contributed by atoms with van der Waals surface area (Å²) in [6.07, 6.45) is 1.52. The van der Waals surface area contributed by atoms with Gasteiger partial charge in [0.15, 0.2) is 6.61 Å². The minimum absolute atomic E-state index is 0.107. The van der Waals surface area contributed by atoms with Crippen molar-refractivity contribution in [2.75, 3.05) is 20.3 Å². The highest BCUT2D eigenvalue weighted by molar-refractivity contribution is 5.77. The zero-order valence-electron chi connectivity index (χ0n) is 12.2. The Morgan fingerprint density at radius 3 is 2.86 bits per heavy atom. The Labute approximate surface area is 127 Å². The van der Waals surface area contributed by atoms with Crippen molar-refractivity contribution >= 4 is 5.91 Å². The molecule has 0 fully saturated rings. The molecule has 1 amide bonds. The molecule has 0 aliphatic carbocycles. The van der Waals surface area contributed by atoms with Crippen molar-refractivity contribution in [3.05, 3.63) is 52.9 Å². The smallest absolute Gasteiger partial charge is 0.266 e. The number of benzene rings is 1. The summed E-state index contributed by atoms with van der Waals surface area (Å²) in [6.45, 7) is 0.506. The minimum atomic E-state index is -0.271. The highest BCUT2D eigenvalue weighted by Gasteiger charge is 2.04. The molecule has 0 aliphatic rings. The van der Waals surface area contributed by atoms with Crippen LogP contribution in [0.15, 0.2) is 47.4 Å². The van der Waals surface area contributed by atoms with Crippen LogP contribution in [0.2, 0.25) is 0 Å². The first-order chi connectivity index (χ1) is 10.7. The van der Waals surface area contributed by atoms with Crippen molar-refractivity contribution in [1.82, 2.24) is 15.1 Å². The molecule has 0 radical (unpaired) electrons. The molecule has 0 bridgehead atoms. The van der Waals surface area contributed by atoms with Gasteiger partial charge in [-0.25, -0.2) is 4.68 Å². The van der Waals surface area contributed by atoms with Gasteiger partial charge in [0, 0.05) is 24.9 Å². The Bertz CT molecular complexity index is 684. The lowest BCUT2D eigenvalue weighted by atomic mass is 10.3. The molecule has 7 heteroatoms. The number of hydrogen-bond acceptors (Lipinski definition) is 5. The molecule has 22 heavy (non-hydrogen) atoms. The lowest BCUT2D eigenvalue weighted by molar-refractivity contribution is -0.123. The summed E-state index contributed by atoms with van der Waals surface area (Å²) in [4.78, 5) is 23.1. The maximum Gasteiger partial charge on any atom is 0.266 e. The topological polar surface area (TPSA) is 82.4 Å². The van der Waals surface area contributed by atoms with Crippen molar-refractivity contribution < 1.29 is 14.3 Å². The van der Waals surface area contributed by atoms with Crippen LogP contribution >= 0.6 is 0 Å². The van der Waals surface area contributed by atoms with E-state index in [1.807, 2.05) is 0 Å². The van der Waals surface area contributed by atoms with E-state index >= 15 is 0 Å². The van der Waals surface area contributed by atoms with Gasteiger partial charge in [0.2, 0.25) is 0 Å². The van der Waals surface area contributed by atoms with Gasteiger partial charge in [-0.15, -0.1) is 0 Å². The molecule has 0 saturated carbocycles. The summed E-state index contributed by atoms with van der Waals surface area (Å²) in [5.41, 5.74) is -0.204. The van der Waals surface area contributed by atoms with E-state index in [1.54, 1.807) is 37.4 Å². The lowest BCUT2D eigenvalue weighted by Gasteiger charge is -2.09. The Morgan fingerprint density at radius 1 is 1.27 bits per heavy atom. The number of hydrogen-bond donors (Lipinski definition) is 1. The normalized spacial score (nSPS) is 10.0. The van der Waals surface area contributed by atoms with Crippen LogP contribution in [-0.4, -0.2) is 35.9 Å². The van der Waals surface area contributed by atoms with E-state index < -0.39 is 0 Å². The van der Waals surface area contributed by atoms with Crippen LogP contribution in [0.4, 0.5) is 0 Å². The average Bonchev–Trinajstić information content (AvgIpc) is 2.55. The molecule has 116 valence electrons. The SMILES string of the molecule is COc1cccc(OCC(=O)NCCn2ncccc2=O)c1. The third kappa shape index (κ3) is 4.62. The summed E-state index contributed by atoms with van der Waals surface area (Å²) in [5.74, 6) is 0.940. The molecule has 0 spiro atoms. The fraction of sp³-hybridized carbons (Fsp3) is 0.267. The average molecular weight is 303 g/mol. The third-order valence-corrected chi connectivity index (χ3v) is 2.84. The third-order valence-electron chi connectivity index (χ3n) is 2.84. The number of nitrogens with one attached hydrogen (secondary N) is 1. The van der Waals surface area contributed by atoms with Crippen molar-refractivity contribution in [2.24, 2.45) is 0 Å². The van der Waals surface area contributed by atoms with Crippen LogP contribution in [0.1, 0.15) is 0 Å². The first kappa shape index (κ1) is 15.6. The molecule has 0 atom stereocenters. The molecular formula is C15H17N3O4. The first-order valence-electron chi connectivity index (χ1n) is 6.75.